The first-order chi connectivity index (χ1) is 7.04. The van der Waals surface area contributed by atoms with Crippen LogP contribution in [-0.2, 0) is 5.41 Å². The van der Waals surface area contributed by atoms with Crippen molar-refractivity contribution < 1.29 is 0 Å². The number of allylic oxidation sites excluding steroid dienone is 2. The van der Waals surface area contributed by atoms with Gasteiger partial charge in [0, 0.05) is 5.41 Å². The summed E-state index contributed by atoms with van der Waals surface area (Å²) in [7, 11) is 0. The predicted octanol–water partition coefficient (Wildman–Crippen LogP) is 4.38. The summed E-state index contributed by atoms with van der Waals surface area (Å²) in [6, 6.07) is 9.03. The van der Waals surface area contributed by atoms with Crippen LogP contribution in [0.5, 0.6) is 0 Å². The minimum absolute atomic E-state index is 0.289. The quantitative estimate of drug-likeness (QED) is 0.590. The molecule has 1 aliphatic rings. The maximum absolute atomic E-state index is 2.38. The molecule has 1 aromatic carbocycles. The highest BCUT2D eigenvalue weighted by Gasteiger charge is 2.33. The molecule has 0 aromatic heterocycles. The zero-order chi connectivity index (χ0) is 11.1. The molecule has 1 aliphatic carbocycles. The average Bonchev–Trinajstić information content (AvgIpc) is 2.48. The van der Waals surface area contributed by atoms with E-state index in [1.165, 1.54) is 24.0 Å². The Bertz CT molecular complexity index is 395. The van der Waals surface area contributed by atoms with Gasteiger partial charge in [0.1, 0.15) is 0 Å². The van der Waals surface area contributed by atoms with E-state index in [-0.39, 0.29) is 5.41 Å². The molecule has 0 fully saturated rings. The summed E-state index contributed by atoms with van der Waals surface area (Å²) >= 11 is 0. The topological polar surface area (TPSA) is 0 Å². The van der Waals surface area contributed by atoms with Crippen LogP contribution < -0.4 is 0 Å². The monoisotopic (exact) mass is 200 g/mol. The zero-order valence-corrected chi connectivity index (χ0v) is 10.2. The zero-order valence-electron chi connectivity index (χ0n) is 10.2. The van der Waals surface area contributed by atoms with Crippen LogP contribution in [0.4, 0.5) is 0 Å². The van der Waals surface area contributed by atoms with Gasteiger partial charge < -0.3 is 0 Å². The molecular weight excluding hydrogens is 180 g/mol. The highest BCUT2D eigenvalue weighted by molar-refractivity contribution is 5.41. The number of aryl methyl sites for hydroxylation is 1. The Labute approximate surface area is 93.0 Å². The lowest BCUT2D eigenvalue weighted by molar-refractivity contribution is 0.550. The van der Waals surface area contributed by atoms with Crippen molar-refractivity contribution in [2.45, 2.75) is 46.0 Å². The van der Waals surface area contributed by atoms with Gasteiger partial charge in [-0.05, 0) is 39.2 Å². The van der Waals surface area contributed by atoms with Gasteiger partial charge >= 0.3 is 0 Å². The molecule has 80 valence electrons. The standard InChI is InChI=1S/C15H20/c1-11-5-7-14(8-6-11)15(4)10-9-12(2)13(15)3/h5-8H,9-10H2,1-4H3/t15-/m1/s1. The molecule has 0 aliphatic heterocycles. The minimum atomic E-state index is 0.289. The molecule has 0 unspecified atom stereocenters. The van der Waals surface area contributed by atoms with Gasteiger partial charge in [-0.15, -0.1) is 0 Å². The van der Waals surface area contributed by atoms with E-state index < -0.39 is 0 Å². The van der Waals surface area contributed by atoms with E-state index in [1.807, 2.05) is 0 Å². The lowest BCUT2D eigenvalue weighted by atomic mass is 9.77. The predicted molar refractivity (Wildman–Crippen MR) is 66.1 cm³/mol. The van der Waals surface area contributed by atoms with Crippen LogP contribution in [0.1, 0.15) is 44.7 Å². The Morgan fingerprint density at radius 1 is 1.00 bits per heavy atom. The fourth-order valence-corrected chi connectivity index (χ4v) is 2.57. The number of rotatable bonds is 1. The smallest absolute Gasteiger partial charge is 0.0136 e. The second-order valence-electron chi connectivity index (χ2n) is 5.10. The summed E-state index contributed by atoms with van der Waals surface area (Å²) in [5.41, 5.74) is 6.27. The van der Waals surface area contributed by atoms with Crippen molar-refractivity contribution in [1.29, 1.82) is 0 Å². The van der Waals surface area contributed by atoms with Crippen molar-refractivity contribution in [2.24, 2.45) is 0 Å². The van der Waals surface area contributed by atoms with Gasteiger partial charge in [0.05, 0.1) is 0 Å². The molecule has 0 saturated carbocycles. The van der Waals surface area contributed by atoms with Crippen molar-refractivity contribution >= 4 is 0 Å². The summed E-state index contributed by atoms with van der Waals surface area (Å²) in [6.45, 7) is 9.09. The van der Waals surface area contributed by atoms with Gasteiger partial charge in [-0.1, -0.05) is 47.9 Å². The van der Waals surface area contributed by atoms with E-state index in [9.17, 15) is 0 Å². The minimum Gasteiger partial charge on any atom is -0.0735 e. The van der Waals surface area contributed by atoms with Crippen molar-refractivity contribution in [1.82, 2.24) is 0 Å². The van der Waals surface area contributed by atoms with Gasteiger partial charge in [0.2, 0.25) is 0 Å². The van der Waals surface area contributed by atoms with Crippen LogP contribution in [0.25, 0.3) is 0 Å². The summed E-state index contributed by atoms with van der Waals surface area (Å²) in [5.74, 6) is 0. The molecule has 1 atom stereocenters. The summed E-state index contributed by atoms with van der Waals surface area (Å²) in [6.07, 6.45) is 2.53. The van der Waals surface area contributed by atoms with E-state index >= 15 is 0 Å². The lowest BCUT2D eigenvalue weighted by Gasteiger charge is -2.27. The molecule has 0 heterocycles. The number of benzene rings is 1. The molecule has 15 heavy (non-hydrogen) atoms. The molecule has 0 radical (unpaired) electrons. The van der Waals surface area contributed by atoms with Gasteiger partial charge in [-0.3, -0.25) is 0 Å². The van der Waals surface area contributed by atoms with Crippen LogP contribution in [0.3, 0.4) is 0 Å². The van der Waals surface area contributed by atoms with Crippen molar-refractivity contribution in [2.75, 3.05) is 0 Å². The Morgan fingerprint density at radius 2 is 1.60 bits per heavy atom. The molecule has 0 bridgehead atoms. The maximum atomic E-state index is 2.38. The van der Waals surface area contributed by atoms with Crippen LogP contribution in [0.15, 0.2) is 35.4 Å². The van der Waals surface area contributed by atoms with Crippen molar-refractivity contribution in [3.63, 3.8) is 0 Å². The fourth-order valence-electron chi connectivity index (χ4n) is 2.57. The number of hydrogen-bond acceptors (Lipinski definition) is 0. The third-order valence-electron chi connectivity index (χ3n) is 4.16. The molecular formula is C15H20. The molecule has 2 rings (SSSR count). The second-order valence-corrected chi connectivity index (χ2v) is 5.10. The van der Waals surface area contributed by atoms with Crippen LogP contribution in [0, 0.1) is 6.92 Å². The van der Waals surface area contributed by atoms with Crippen LogP contribution in [-0.4, -0.2) is 0 Å². The van der Waals surface area contributed by atoms with Crippen molar-refractivity contribution in [3.05, 3.63) is 46.5 Å². The fraction of sp³-hybridized carbons (Fsp3) is 0.467. The molecule has 0 N–H and O–H groups in total. The highest BCUT2D eigenvalue weighted by atomic mass is 14.4. The third kappa shape index (κ3) is 1.62. The molecule has 0 spiro atoms. The first kappa shape index (κ1) is 10.5. The van der Waals surface area contributed by atoms with E-state index in [2.05, 4.69) is 52.0 Å². The summed E-state index contributed by atoms with van der Waals surface area (Å²) < 4.78 is 0. The Morgan fingerprint density at radius 3 is 2.07 bits per heavy atom. The first-order valence-electron chi connectivity index (χ1n) is 5.78. The Kier molecular flexibility index (Phi) is 2.46. The van der Waals surface area contributed by atoms with E-state index in [0.717, 1.165) is 0 Å². The van der Waals surface area contributed by atoms with E-state index in [4.69, 9.17) is 0 Å². The van der Waals surface area contributed by atoms with Gasteiger partial charge in [-0.2, -0.15) is 0 Å². The highest BCUT2D eigenvalue weighted by Crippen LogP contribution is 2.44. The maximum Gasteiger partial charge on any atom is 0.0136 e. The molecule has 0 heteroatoms. The average molecular weight is 200 g/mol. The van der Waals surface area contributed by atoms with Crippen LogP contribution >= 0.6 is 0 Å². The van der Waals surface area contributed by atoms with Gasteiger partial charge in [-0.25, -0.2) is 0 Å². The lowest BCUT2D eigenvalue weighted by Crippen LogP contribution is -2.19. The van der Waals surface area contributed by atoms with Crippen molar-refractivity contribution in [3.8, 4) is 0 Å². The molecule has 0 amide bonds. The normalized spacial score (nSPS) is 26.1. The molecule has 0 saturated heterocycles. The summed E-state index contributed by atoms with van der Waals surface area (Å²) in [5, 5.41) is 0. The van der Waals surface area contributed by atoms with E-state index in [0.29, 0.717) is 0 Å². The first-order valence-corrected chi connectivity index (χ1v) is 5.78. The van der Waals surface area contributed by atoms with Gasteiger partial charge in [0.15, 0.2) is 0 Å². The molecule has 1 aromatic rings. The van der Waals surface area contributed by atoms with Crippen LogP contribution in [0.2, 0.25) is 0 Å². The van der Waals surface area contributed by atoms with E-state index in [1.54, 1.807) is 11.1 Å². The Hall–Kier alpha value is -1.04. The summed E-state index contributed by atoms with van der Waals surface area (Å²) in [4.78, 5) is 0. The van der Waals surface area contributed by atoms with Gasteiger partial charge in [0.25, 0.3) is 0 Å². The SMILES string of the molecule is CC1=C(C)[C@](C)(c2ccc(C)cc2)CC1. The Balaban J connectivity index is 2.43. The molecule has 0 nitrogen and oxygen atoms in total. The second kappa shape index (κ2) is 3.52. The third-order valence-corrected chi connectivity index (χ3v) is 4.16. The largest absolute Gasteiger partial charge is 0.0735 e. The number of hydrogen-bond donors (Lipinski definition) is 0.